The van der Waals surface area contributed by atoms with Crippen LogP contribution < -0.4 is 9.64 Å². The van der Waals surface area contributed by atoms with Gasteiger partial charge in [-0.2, -0.15) is 5.26 Å². The van der Waals surface area contributed by atoms with Gasteiger partial charge in [-0.3, -0.25) is 4.79 Å². The van der Waals surface area contributed by atoms with E-state index in [0.717, 1.165) is 5.69 Å². The molecular formula is C21H20N2O4. The largest absolute Gasteiger partial charge is 0.496 e. The molecule has 2 aromatic carbocycles. The Hall–Kier alpha value is -3.59. The summed E-state index contributed by atoms with van der Waals surface area (Å²) in [5, 5.41) is 9.23. The minimum Gasteiger partial charge on any atom is -0.496 e. The number of Topliss-reactive ketones (excluding diaryl/α,β-unsaturated/α-hetero) is 1. The van der Waals surface area contributed by atoms with Gasteiger partial charge in [0.2, 0.25) is 5.78 Å². The van der Waals surface area contributed by atoms with Gasteiger partial charge in [-0.25, -0.2) is 4.79 Å². The second-order valence-corrected chi connectivity index (χ2v) is 5.86. The molecule has 0 unspecified atom stereocenters. The molecule has 6 heteroatoms. The van der Waals surface area contributed by atoms with Crippen LogP contribution in [-0.4, -0.2) is 39.6 Å². The Morgan fingerprint density at radius 3 is 2.37 bits per heavy atom. The Bertz CT molecular complexity index is 893. The third-order valence-electron chi connectivity index (χ3n) is 3.80. The number of carbonyl (C=O) groups is 2. The molecule has 0 atom stereocenters. The van der Waals surface area contributed by atoms with E-state index < -0.39 is 18.4 Å². The molecule has 0 aliphatic rings. The first-order valence-electron chi connectivity index (χ1n) is 8.18. The number of ether oxygens (including phenoxy) is 2. The van der Waals surface area contributed by atoms with Crippen LogP contribution in [0.1, 0.15) is 15.9 Å². The van der Waals surface area contributed by atoms with Crippen molar-refractivity contribution in [3.05, 3.63) is 65.2 Å². The number of ketones is 1. The summed E-state index contributed by atoms with van der Waals surface area (Å²) >= 11 is 0. The fraction of sp³-hybridized carbons (Fsp3) is 0.190. The second-order valence-electron chi connectivity index (χ2n) is 5.86. The first-order chi connectivity index (χ1) is 13.0. The molecule has 2 rings (SSSR count). The van der Waals surface area contributed by atoms with Crippen LogP contribution in [-0.2, 0) is 9.53 Å². The van der Waals surface area contributed by atoms with E-state index in [2.05, 4.69) is 0 Å². The SMILES string of the molecule is COc1ccccc1C(=O)COC(=O)/C(C#N)=C/c1ccc(N(C)C)cc1. The van der Waals surface area contributed by atoms with Crippen molar-refractivity contribution in [1.29, 1.82) is 5.26 Å². The highest BCUT2D eigenvalue weighted by atomic mass is 16.5. The number of anilines is 1. The quantitative estimate of drug-likeness (QED) is 0.325. The fourth-order valence-electron chi connectivity index (χ4n) is 2.33. The van der Waals surface area contributed by atoms with Crippen molar-refractivity contribution < 1.29 is 19.1 Å². The van der Waals surface area contributed by atoms with Gasteiger partial charge in [-0.1, -0.05) is 24.3 Å². The first-order valence-corrected chi connectivity index (χ1v) is 8.18. The van der Waals surface area contributed by atoms with Crippen LogP contribution >= 0.6 is 0 Å². The Labute approximate surface area is 158 Å². The van der Waals surface area contributed by atoms with E-state index in [1.165, 1.54) is 13.2 Å². The summed E-state index contributed by atoms with van der Waals surface area (Å²) < 4.78 is 10.1. The van der Waals surface area contributed by atoms with Crippen LogP contribution in [0.25, 0.3) is 6.08 Å². The zero-order valence-electron chi connectivity index (χ0n) is 15.4. The van der Waals surface area contributed by atoms with Crippen molar-refractivity contribution in [2.75, 3.05) is 32.7 Å². The van der Waals surface area contributed by atoms with Crippen LogP contribution in [0.2, 0.25) is 0 Å². The molecular weight excluding hydrogens is 344 g/mol. The smallest absolute Gasteiger partial charge is 0.349 e. The van der Waals surface area contributed by atoms with Crippen LogP contribution in [0, 0.1) is 11.3 Å². The zero-order chi connectivity index (χ0) is 19.8. The predicted octanol–water partition coefficient (Wildman–Crippen LogP) is 3.09. The molecule has 0 saturated heterocycles. The minimum absolute atomic E-state index is 0.180. The van der Waals surface area contributed by atoms with Crippen molar-refractivity contribution in [3.63, 3.8) is 0 Å². The third kappa shape index (κ3) is 5.19. The van der Waals surface area contributed by atoms with E-state index >= 15 is 0 Å². The molecule has 2 aromatic rings. The Balaban J connectivity index is 2.06. The van der Waals surface area contributed by atoms with Gasteiger partial charge in [-0.05, 0) is 35.9 Å². The molecule has 0 bridgehead atoms. The van der Waals surface area contributed by atoms with Gasteiger partial charge in [0.1, 0.15) is 17.4 Å². The van der Waals surface area contributed by atoms with Gasteiger partial charge in [0.05, 0.1) is 12.7 Å². The molecule has 0 N–H and O–H groups in total. The number of nitrogens with zero attached hydrogens (tertiary/aromatic N) is 2. The minimum atomic E-state index is -0.850. The molecule has 0 radical (unpaired) electrons. The van der Waals surface area contributed by atoms with Crippen molar-refractivity contribution in [1.82, 2.24) is 0 Å². The lowest BCUT2D eigenvalue weighted by Gasteiger charge is -2.11. The summed E-state index contributed by atoms with van der Waals surface area (Å²) in [7, 11) is 5.29. The molecule has 0 aliphatic heterocycles. The van der Waals surface area contributed by atoms with E-state index in [9.17, 15) is 14.9 Å². The summed E-state index contributed by atoms with van der Waals surface area (Å²) in [5.74, 6) is -0.860. The lowest BCUT2D eigenvalue weighted by molar-refractivity contribution is -0.137. The number of carbonyl (C=O) groups excluding carboxylic acids is 2. The second kappa shape index (κ2) is 9.20. The van der Waals surface area contributed by atoms with Crippen LogP contribution in [0.3, 0.4) is 0 Å². The Kier molecular flexibility index (Phi) is 6.73. The Morgan fingerprint density at radius 1 is 1.11 bits per heavy atom. The highest BCUT2D eigenvalue weighted by Gasteiger charge is 2.16. The predicted molar refractivity (Wildman–Crippen MR) is 103 cm³/mol. The molecule has 138 valence electrons. The first kappa shape index (κ1) is 19.7. The normalized spacial score (nSPS) is 10.7. The molecule has 0 fully saturated rings. The van der Waals surface area contributed by atoms with E-state index in [0.29, 0.717) is 16.9 Å². The number of hydrogen-bond donors (Lipinski definition) is 0. The van der Waals surface area contributed by atoms with Gasteiger partial charge in [0.25, 0.3) is 0 Å². The van der Waals surface area contributed by atoms with Gasteiger partial charge in [-0.15, -0.1) is 0 Å². The maximum Gasteiger partial charge on any atom is 0.349 e. The van der Waals surface area contributed by atoms with Crippen molar-refractivity contribution in [2.45, 2.75) is 0 Å². The standard InChI is InChI=1S/C21H20N2O4/c1-23(2)17-10-8-15(9-11-17)12-16(13-22)21(25)27-14-19(24)18-6-4-5-7-20(18)26-3/h4-12H,14H2,1-3H3/b16-12+. The van der Waals surface area contributed by atoms with Gasteiger partial charge >= 0.3 is 5.97 Å². The van der Waals surface area contributed by atoms with E-state index in [1.54, 1.807) is 36.4 Å². The molecule has 6 nitrogen and oxygen atoms in total. The van der Waals surface area contributed by atoms with Gasteiger partial charge in [0.15, 0.2) is 6.61 Å². The number of methoxy groups -OCH3 is 1. The highest BCUT2D eigenvalue weighted by Crippen LogP contribution is 2.18. The molecule has 27 heavy (non-hydrogen) atoms. The number of esters is 1. The third-order valence-corrected chi connectivity index (χ3v) is 3.80. The lowest BCUT2D eigenvalue weighted by atomic mass is 10.1. The van der Waals surface area contributed by atoms with Gasteiger partial charge in [0, 0.05) is 19.8 Å². The number of hydrogen-bond acceptors (Lipinski definition) is 6. The maximum absolute atomic E-state index is 12.2. The summed E-state index contributed by atoms with van der Waals surface area (Å²) in [6, 6.07) is 15.8. The average Bonchev–Trinajstić information content (AvgIpc) is 2.70. The topological polar surface area (TPSA) is 79.6 Å². The van der Waals surface area contributed by atoms with Crippen molar-refractivity contribution in [2.24, 2.45) is 0 Å². The molecule has 0 saturated carbocycles. The highest BCUT2D eigenvalue weighted by molar-refractivity contribution is 6.03. The summed E-state index contributed by atoms with van der Waals surface area (Å²) in [5.41, 5.74) is 1.82. The molecule has 0 aromatic heterocycles. The van der Waals surface area contributed by atoms with Crippen LogP contribution in [0.15, 0.2) is 54.1 Å². The molecule has 0 amide bonds. The van der Waals surface area contributed by atoms with Crippen molar-refractivity contribution in [3.8, 4) is 11.8 Å². The number of rotatable bonds is 7. The van der Waals surface area contributed by atoms with Crippen LogP contribution in [0.5, 0.6) is 5.75 Å². The molecule has 0 aliphatic carbocycles. The van der Waals surface area contributed by atoms with E-state index in [4.69, 9.17) is 9.47 Å². The lowest BCUT2D eigenvalue weighted by Crippen LogP contribution is -2.15. The van der Waals surface area contributed by atoms with Crippen molar-refractivity contribution >= 4 is 23.5 Å². The number of benzene rings is 2. The summed E-state index contributed by atoms with van der Waals surface area (Å²) in [4.78, 5) is 26.3. The van der Waals surface area contributed by atoms with E-state index in [1.807, 2.05) is 37.2 Å². The number of para-hydroxylation sites is 1. The summed E-state index contributed by atoms with van der Waals surface area (Å²) in [6.45, 7) is -0.474. The molecule has 0 heterocycles. The molecule has 0 spiro atoms. The Morgan fingerprint density at radius 2 is 1.78 bits per heavy atom. The maximum atomic E-state index is 12.2. The van der Waals surface area contributed by atoms with E-state index in [-0.39, 0.29) is 5.57 Å². The van der Waals surface area contributed by atoms with Gasteiger partial charge < -0.3 is 14.4 Å². The zero-order valence-corrected chi connectivity index (χ0v) is 15.4. The monoisotopic (exact) mass is 364 g/mol. The average molecular weight is 364 g/mol. The number of nitriles is 1. The van der Waals surface area contributed by atoms with Crippen LogP contribution in [0.4, 0.5) is 5.69 Å². The fourth-order valence-corrected chi connectivity index (χ4v) is 2.33. The summed E-state index contributed by atoms with van der Waals surface area (Å²) in [6.07, 6.45) is 1.43.